The van der Waals surface area contributed by atoms with Crippen LogP contribution >= 0.6 is 11.3 Å². The number of carbonyl (C=O) groups excluding carboxylic acids is 2. The topological polar surface area (TPSA) is 82.5 Å². The van der Waals surface area contributed by atoms with Crippen LogP contribution in [-0.2, 0) is 11.3 Å². The number of nitrogens with zero attached hydrogens (tertiary/aromatic N) is 2. The molecule has 0 aliphatic rings. The summed E-state index contributed by atoms with van der Waals surface area (Å²) in [6.45, 7) is 7.31. The van der Waals surface area contributed by atoms with Gasteiger partial charge in [0.15, 0.2) is 5.78 Å². The van der Waals surface area contributed by atoms with Crippen LogP contribution in [0.3, 0.4) is 0 Å². The summed E-state index contributed by atoms with van der Waals surface area (Å²) in [6, 6.07) is -1.29. The monoisotopic (exact) mass is 313 g/mol. The summed E-state index contributed by atoms with van der Waals surface area (Å²) in [4.78, 5) is 29.3. The highest BCUT2D eigenvalue weighted by Gasteiger charge is 2.23. The van der Waals surface area contributed by atoms with Crippen LogP contribution in [0, 0.1) is 0 Å². The SMILES string of the molecule is CC(=O)C(NC(=O)N(C)Cc1csc(C(C)C)n1)C(C)O. The van der Waals surface area contributed by atoms with Gasteiger partial charge in [-0.05, 0) is 13.8 Å². The number of Topliss-reactive ketones (excluding diaryl/α,β-unsaturated/α-hetero) is 1. The molecule has 0 aliphatic carbocycles. The zero-order valence-corrected chi connectivity index (χ0v) is 13.9. The Bertz CT molecular complexity index is 499. The fourth-order valence-corrected chi connectivity index (χ4v) is 2.61. The Morgan fingerprint density at radius 2 is 2.05 bits per heavy atom. The highest BCUT2D eigenvalue weighted by atomic mass is 32.1. The normalized spacial score (nSPS) is 13.9. The van der Waals surface area contributed by atoms with Crippen molar-refractivity contribution in [1.29, 1.82) is 0 Å². The smallest absolute Gasteiger partial charge is 0.318 e. The lowest BCUT2D eigenvalue weighted by molar-refractivity contribution is -0.121. The Labute approximate surface area is 129 Å². The van der Waals surface area contributed by atoms with E-state index in [0.717, 1.165) is 10.7 Å². The Morgan fingerprint density at radius 3 is 2.48 bits per heavy atom. The molecule has 2 amide bonds. The van der Waals surface area contributed by atoms with Crippen molar-refractivity contribution < 1.29 is 14.7 Å². The predicted octanol–water partition coefficient (Wildman–Crippen LogP) is 1.75. The van der Waals surface area contributed by atoms with Crippen molar-refractivity contribution in [3.05, 3.63) is 16.1 Å². The molecule has 0 spiro atoms. The summed E-state index contributed by atoms with van der Waals surface area (Å²) in [5, 5.41) is 15.0. The second kappa shape index (κ2) is 7.51. The molecule has 21 heavy (non-hydrogen) atoms. The van der Waals surface area contributed by atoms with E-state index in [4.69, 9.17) is 0 Å². The number of carbonyl (C=O) groups is 2. The quantitative estimate of drug-likeness (QED) is 0.838. The zero-order valence-electron chi connectivity index (χ0n) is 13.1. The molecule has 0 aliphatic heterocycles. The maximum Gasteiger partial charge on any atom is 0.318 e. The molecule has 7 heteroatoms. The van der Waals surface area contributed by atoms with Gasteiger partial charge in [0.1, 0.15) is 6.04 Å². The third kappa shape index (κ3) is 5.09. The molecule has 1 aromatic heterocycles. The van der Waals surface area contributed by atoms with E-state index >= 15 is 0 Å². The standard InChI is InChI=1S/C14H23N3O3S/c1-8(2)13-15-11(7-21-13)6-17(5)14(20)16-12(9(3)18)10(4)19/h7-9,12,18H,6H2,1-5H3,(H,16,20). The van der Waals surface area contributed by atoms with E-state index in [1.165, 1.54) is 18.7 Å². The lowest BCUT2D eigenvalue weighted by atomic mass is 10.1. The molecule has 0 bridgehead atoms. The number of thiazole rings is 1. The number of nitrogens with one attached hydrogen (secondary N) is 1. The van der Waals surface area contributed by atoms with E-state index in [2.05, 4.69) is 24.1 Å². The maximum atomic E-state index is 12.0. The number of aliphatic hydroxyl groups excluding tert-OH is 1. The molecule has 0 saturated heterocycles. The Hall–Kier alpha value is -1.47. The average molecular weight is 313 g/mol. The second-order valence-electron chi connectivity index (χ2n) is 5.47. The zero-order chi connectivity index (χ0) is 16.2. The number of rotatable bonds is 6. The lowest BCUT2D eigenvalue weighted by Gasteiger charge is -2.23. The molecule has 0 aromatic carbocycles. The van der Waals surface area contributed by atoms with Gasteiger partial charge in [0, 0.05) is 18.3 Å². The van der Waals surface area contributed by atoms with E-state index in [1.54, 1.807) is 18.4 Å². The predicted molar refractivity (Wildman–Crippen MR) is 82.4 cm³/mol. The first-order valence-corrected chi connectivity index (χ1v) is 7.74. The number of urea groups is 1. The first-order chi connectivity index (χ1) is 9.72. The lowest BCUT2D eigenvalue weighted by Crippen LogP contribution is -2.50. The summed E-state index contributed by atoms with van der Waals surface area (Å²) in [7, 11) is 1.63. The molecule has 1 rings (SSSR count). The molecule has 118 valence electrons. The number of amides is 2. The van der Waals surface area contributed by atoms with Gasteiger partial charge in [-0.3, -0.25) is 4.79 Å². The van der Waals surface area contributed by atoms with Crippen LogP contribution in [0.15, 0.2) is 5.38 Å². The number of ketones is 1. The van der Waals surface area contributed by atoms with Crippen molar-refractivity contribution in [2.24, 2.45) is 0 Å². The number of aromatic nitrogens is 1. The van der Waals surface area contributed by atoms with Gasteiger partial charge in [-0.25, -0.2) is 9.78 Å². The molecule has 2 unspecified atom stereocenters. The third-order valence-corrected chi connectivity index (χ3v) is 4.20. The van der Waals surface area contributed by atoms with Crippen molar-refractivity contribution in [3.8, 4) is 0 Å². The molecule has 6 nitrogen and oxygen atoms in total. The van der Waals surface area contributed by atoms with Gasteiger partial charge in [0.25, 0.3) is 0 Å². The second-order valence-corrected chi connectivity index (χ2v) is 6.36. The third-order valence-electron chi connectivity index (χ3n) is 3.01. The van der Waals surface area contributed by atoms with Crippen molar-refractivity contribution in [2.45, 2.75) is 52.3 Å². The molecule has 1 aromatic rings. The molecular weight excluding hydrogens is 290 g/mol. The Morgan fingerprint density at radius 1 is 1.43 bits per heavy atom. The Kier molecular flexibility index (Phi) is 6.29. The van der Waals surface area contributed by atoms with Crippen LogP contribution in [0.4, 0.5) is 4.79 Å². The molecule has 2 atom stereocenters. The van der Waals surface area contributed by atoms with Crippen LogP contribution in [0.25, 0.3) is 0 Å². The van der Waals surface area contributed by atoms with Gasteiger partial charge < -0.3 is 15.3 Å². The van der Waals surface area contributed by atoms with Crippen molar-refractivity contribution in [2.75, 3.05) is 7.05 Å². The number of hydrogen-bond acceptors (Lipinski definition) is 5. The van der Waals surface area contributed by atoms with Crippen LogP contribution in [0.5, 0.6) is 0 Å². The van der Waals surface area contributed by atoms with Crippen molar-refractivity contribution in [1.82, 2.24) is 15.2 Å². The summed E-state index contributed by atoms with van der Waals surface area (Å²) >= 11 is 1.57. The van der Waals surface area contributed by atoms with Crippen LogP contribution in [0.2, 0.25) is 0 Å². The summed E-state index contributed by atoms with van der Waals surface area (Å²) in [6.07, 6.45) is -0.924. The van der Waals surface area contributed by atoms with Gasteiger partial charge in [0.2, 0.25) is 0 Å². The van der Waals surface area contributed by atoms with E-state index in [0.29, 0.717) is 12.5 Å². The minimum absolute atomic E-state index is 0.275. The summed E-state index contributed by atoms with van der Waals surface area (Å²) < 4.78 is 0. The van der Waals surface area contributed by atoms with Gasteiger partial charge >= 0.3 is 6.03 Å². The van der Waals surface area contributed by atoms with E-state index < -0.39 is 18.2 Å². The number of aliphatic hydroxyl groups is 1. The van der Waals surface area contributed by atoms with Crippen LogP contribution in [-0.4, -0.2) is 46.0 Å². The summed E-state index contributed by atoms with van der Waals surface area (Å²) in [5.74, 6) is 0.0858. The molecule has 1 heterocycles. The molecule has 0 radical (unpaired) electrons. The van der Waals surface area contributed by atoms with E-state index in [9.17, 15) is 14.7 Å². The van der Waals surface area contributed by atoms with E-state index in [-0.39, 0.29) is 5.78 Å². The number of hydrogen-bond donors (Lipinski definition) is 2. The van der Waals surface area contributed by atoms with Gasteiger partial charge in [-0.2, -0.15) is 0 Å². The molecule has 0 saturated carbocycles. The largest absolute Gasteiger partial charge is 0.391 e. The van der Waals surface area contributed by atoms with Crippen LogP contribution in [0.1, 0.15) is 44.3 Å². The molecule has 0 fully saturated rings. The fourth-order valence-electron chi connectivity index (χ4n) is 1.78. The van der Waals surface area contributed by atoms with Crippen molar-refractivity contribution >= 4 is 23.2 Å². The van der Waals surface area contributed by atoms with Gasteiger partial charge in [0.05, 0.1) is 23.4 Å². The minimum atomic E-state index is -0.924. The van der Waals surface area contributed by atoms with Crippen LogP contribution < -0.4 is 5.32 Å². The highest BCUT2D eigenvalue weighted by Crippen LogP contribution is 2.19. The van der Waals surface area contributed by atoms with E-state index in [1.807, 2.05) is 5.38 Å². The maximum absolute atomic E-state index is 12.0. The van der Waals surface area contributed by atoms with Gasteiger partial charge in [-0.1, -0.05) is 13.8 Å². The molecule has 2 N–H and O–H groups in total. The first kappa shape index (κ1) is 17.6. The Balaban J connectivity index is 2.63. The van der Waals surface area contributed by atoms with Gasteiger partial charge in [-0.15, -0.1) is 11.3 Å². The summed E-state index contributed by atoms with van der Waals surface area (Å²) in [5.41, 5.74) is 0.817. The fraction of sp³-hybridized carbons (Fsp3) is 0.643. The highest BCUT2D eigenvalue weighted by molar-refractivity contribution is 7.09. The average Bonchev–Trinajstić information content (AvgIpc) is 2.83. The molecular formula is C14H23N3O3S. The minimum Gasteiger partial charge on any atom is -0.391 e. The first-order valence-electron chi connectivity index (χ1n) is 6.86. The van der Waals surface area contributed by atoms with Crippen molar-refractivity contribution in [3.63, 3.8) is 0 Å².